The van der Waals surface area contributed by atoms with E-state index in [0.717, 1.165) is 18.5 Å². The highest BCUT2D eigenvalue weighted by Gasteiger charge is 2.12. The molecule has 4 heteroatoms. The summed E-state index contributed by atoms with van der Waals surface area (Å²) in [6, 6.07) is 5.29. The average molecular weight is 278 g/mol. The fourth-order valence-electron chi connectivity index (χ4n) is 2.23. The number of rotatable bonds is 8. The lowest BCUT2D eigenvalue weighted by Crippen LogP contribution is -2.16. The first-order valence-corrected chi connectivity index (χ1v) is 7.34. The SMILES string of the molecule is CCCCC(CC)CC(=O)Nc1ccc(OC)c(N)c1. The van der Waals surface area contributed by atoms with Crippen molar-refractivity contribution in [3.05, 3.63) is 18.2 Å². The second kappa shape index (κ2) is 8.46. The van der Waals surface area contributed by atoms with Gasteiger partial charge in [-0.3, -0.25) is 4.79 Å². The summed E-state index contributed by atoms with van der Waals surface area (Å²) >= 11 is 0. The number of methoxy groups -OCH3 is 1. The molecule has 112 valence electrons. The molecule has 0 heterocycles. The quantitative estimate of drug-likeness (QED) is 0.710. The van der Waals surface area contributed by atoms with Crippen LogP contribution in [-0.4, -0.2) is 13.0 Å². The van der Waals surface area contributed by atoms with Crippen molar-refractivity contribution in [1.29, 1.82) is 0 Å². The largest absolute Gasteiger partial charge is 0.495 e. The van der Waals surface area contributed by atoms with Crippen LogP contribution in [-0.2, 0) is 4.79 Å². The van der Waals surface area contributed by atoms with E-state index in [2.05, 4.69) is 19.2 Å². The van der Waals surface area contributed by atoms with Crippen molar-refractivity contribution < 1.29 is 9.53 Å². The van der Waals surface area contributed by atoms with E-state index >= 15 is 0 Å². The van der Waals surface area contributed by atoms with Crippen LogP contribution in [0.3, 0.4) is 0 Å². The van der Waals surface area contributed by atoms with Crippen LogP contribution in [0, 0.1) is 5.92 Å². The van der Waals surface area contributed by atoms with Crippen LogP contribution in [0.25, 0.3) is 0 Å². The summed E-state index contributed by atoms with van der Waals surface area (Å²) in [6.45, 7) is 4.31. The standard InChI is InChI=1S/C16H26N2O2/c1-4-6-7-12(5-2)10-16(19)18-13-8-9-15(20-3)14(17)11-13/h8-9,11-12H,4-7,10,17H2,1-3H3,(H,18,19). The van der Waals surface area contributed by atoms with E-state index in [1.165, 1.54) is 12.8 Å². The number of nitrogen functional groups attached to an aromatic ring is 1. The van der Waals surface area contributed by atoms with Gasteiger partial charge in [0, 0.05) is 12.1 Å². The summed E-state index contributed by atoms with van der Waals surface area (Å²) in [5.41, 5.74) is 7.08. The monoisotopic (exact) mass is 278 g/mol. The van der Waals surface area contributed by atoms with Crippen LogP contribution in [0.2, 0.25) is 0 Å². The van der Waals surface area contributed by atoms with Crippen molar-refractivity contribution in [2.24, 2.45) is 5.92 Å². The van der Waals surface area contributed by atoms with Crippen LogP contribution in [0.1, 0.15) is 46.0 Å². The Labute approximate surface area is 121 Å². The zero-order chi connectivity index (χ0) is 15.0. The van der Waals surface area contributed by atoms with Gasteiger partial charge < -0.3 is 15.8 Å². The third-order valence-corrected chi connectivity index (χ3v) is 3.53. The van der Waals surface area contributed by atoms with Gasteiger partial charge in [-0.25, -0.2) is 0 Å². The lowest BCUT2D eigenvalue weighted by molar-refractivity contribution is -0.117. The first kappa shape index (κ1) is 16.3. The maximum absolute atomic E-state index is 12.0. The highest BCUT2D eigenvalue weighted by atomic mass is 16.5. The molecule has 0 aliphatic carbocycles. The number of carbonyl (C=O) groups is 1. The summed E-state index contributed by atoms with van der Waals surface area (Å²) in [7, 11) is 1.57. The summed E-state index contributed by atoms with van der Waals surface area (Å²) in [5, 5.41) is 2.90. The number of carbonyl (C=O) groups excluding carboxylic acids is 1. The number of ether oxygens (including phenoxy) is 1. The topological polar surface area (TPSA) is 64.3 Å². The zero-order valence-corrected chi connectivity index (χ0v) is 12.7. The number of nitrogens with two attached hydrogens (primary N) is 1. The Kier molecular flexibility index (Phi) is 6.91. The summed E-state index contributed by atoms with van der Waals surface area (Å²) in [6.07, 6.45) is 5.08. The Bertz CT molecular complexity index is 432. The van der Waals surface area contributed by atoms with Gasteiger partial charge >= 0.3 is 0 Å². The molecule has 0 saturated carbocycles. The van der Waals surface area contributed by atoms with Crippen molar-refractivity contribution in [1.82, 2.24) is 0 Å². The number of nitrogens with one attached hydrogen (secondary N) is 1. The molecule has 1 unspecified atom stereocenters. The van der Waals surface area contributed by atoms with Crippen LogP contribution < -0.4 is 15.8 Å². The van der Waals surface area contributed by atoms with Crippen LogP contribution in [0.5, 0.6) is 5.75 Å². The van der Waals surface area contributed by atoms with E-state index in [-0.39, 0.29) is 5.91 Å². The maximum atomic E-state index is 12.0. The summed E-state index contributed by atoms with van der Waals surface area (Å²) in [4.78, 5) is 12.0. The number of benzene rings is 1. The molecule has 20 heavy (non-hydrogen) atoms. The molecular formula is C16H26N2O2. The predicted octanol–water partition coefficient (Wildman–Crippen LogP) is 3.82. The first-order chi connectivity index (χ1) is 9.60. The highest BCUT2D eigenvalue weighted by Crippen LogP contribution is 2.25. The molecule has 0 aliphatic heterocycles. The zero-order valence-electron chi connectivity index (χ0n) is 12.7. The average Bonchev–Trinajstić information content (AvgIpc) is 2.43. The Morgan fingerprint density at radius 3 is 2.70 bits per heavy atom. The molecule has 0 spiro atoms. The fourth-order valence-corrected chi connectivity index (χ4v) is 2.23. The third-order valence-electron chi connectivity index (χ3n) is 3.53. The van der Waals surface area contributed by atoms with Gasteiger partial charge in [0.25, 0.3) is 0 Å². The molecule has 0 fully saturated rings. The molecule has 1 aromatic carbocycles. The molecule has 0 aromatic heterocycles. The van der Waals surface area contributed by atoms with Crippen molar-refractivity contribution in [3.8, 4) is 5.75 Å². The maximum Gasteiger partial charge on any atom is 0.224 e. The summed E-state index contributed by atoms with van der Waals surface area (Å²) in [5.74, 6) is 1.14. The van der Waals surface area contributed by atoms with Crippen LogP contribution in [0.4, 0.5) is 11.4 Å². The van der Waals surface area contributed by atoms with Crippen molar-refractivity contribution >= 4 is 17.3 Å². The van der Waals surface area contributed by atoms with Crippen molar-refractivity contribution in [2.75, 3.05) is 18.2 Å². The Hall–Kier alpha value is -1.71. The Morgan fingerprint density at radius 1 is 1.40 bits per heavy atom. The molecule has 0 aliphatic rings. The molecule has 3 N–H and O–H groups in total. The Morgan fingerprint density at radius 2 is 2.15 bits per heavy atom. The molecule has 1 aromatic rings. The lowest BCUT2D eigenvalue weighted by Gasteiger charge is -2.14. The molecule has 0 radical (unpaired) electrons. The van der Waals surface area contributed by atoms with E-state index in [1.807, 2.05) is 0 Å². The van der Waals surface area contributed by atoms with Gasteiger partial charge in [0.05, 0.1) is 12.8 Å². The highest BCUT2D eigenvalue weighted by molar-refractivity contribution is 5.91. The lowest BCUT2D eigenvalue weighted by atomic mass is 9.95. The van der Waals surface area contributed by atoms with E-state index < -0.39 is 0 Å². The van der Waals surface area contributed by atoms with Crippen LogP contribution in [0.15, 0.2) is 18.2 Å². The Balaban J connectivity index is 2.54. The fraction of sp³-hybridized carbons (Fsp3) is 0.562. The number of anilines is 2. The number of amides is 1. The van der Waals surface area contributed by atoms with E-state index in [1.54, 1.807) is 25.3 Å². The molecule has 1 amide bonds. The summed E-state index contributed by atoms with van der Waals surface area (Å²) < 4.78 is 5.09. The van der Waals surface area contributed by atoms with Gasteiger partial charge in [0.2, 0.25) is 5.91 Å². The van der Waals surface area contributed by atoms with Gasteiger partial charge in [0.15, 0.2) is 0 Å². The van der Waals surface area contributed by atoms with Gasteiger partial charge in [-0.05, 0) is 30.5 Å². The number of hydrogen-bond donors (Lipinski definition) is 2. The second-order valence-electron chi connectivity index (χ2n) is 5.13. The number of unbranched alkanes of at least 4 members (excludes halogenated alkanes) is 1. The minimum Gasteiger partial charge on any atom is -0.495 e. The molecule has 1 atom stereocenters. The van der Waals surface area contributed by atoms with Crippen molar-refractivity contribution in [2.45, 2.75) is 46.0 Å². The minimum atomic E-state index is 0.0533. The first-order valence-electron chi connectivity index (χ1n) is 7.34. The van der Waals surface area contributed by atoms with Gasteiger partial charge in [-0.2, -0.15) is 0 Å². The van der Waals surface area contributed by atoms with Gasteiger partial charge in [0.1, 0.15) is 5.75 Å². The van der Waals surface area contributed by atoms with Crippen molar-refractivity contribution in [3.63, 3.8) is 0 Å². The number of hydrogen-bond acceptors (Lipinski definition) is 3. The van der Waals surface area contributed by atoms with E-state index in [9.17, 15) is 4.79 Å². The normalized spacial score (nSPS) is 11.9. The van der Waals surface area contributed by atoms with Gasteiger partial charge in [-0.15, -0.1) is 0 Å². The van der Waals surface area contributed by atoms with E-state index in [4.69, 9.17) is 10.5 Å². The molecule has 1 rings (SSSR count). The second-order valence-corrected chi connectivity index (χ2v) is 5.13. The van der Waals surface area contributed by atoms with Crippen LogP contribution >= 0.6 is 0 Å². The van der Waals surface area contributed by atoms with Gasteiger partial charge in [-0.1, -0.05) is 33.1 Å². The molecule has 4 nitrogen and oxygen atoms in total. The minimum absolute atomic E-state index is 0.0533. The molecule has 0 saturated heterocycles. The molecule has 0 bridgehead atoms. The van der Waals surface area contributed by atoms with E-state index in [0.29, 0.717) is 23.8 Å². The molecular weight excluding hydrogens is 252 g/mol. The smallest absolute Gasteiger partial charge is 0.224 e. The third kappa shape index (κ3) is 5.11. The predicted molar refractivity (Wildman–Crippen MR) is 84.0 cm³/mol.